The molecule has 24 heavy (non-hydrogen) atoms. The summed E-state index contributed by atoms with van der Waals surface area (Å²) in [6.07, 6.45) is 4.89. The molecule has 3 nitrogen and oxygen atoms in total. The van der Waals surface area contributed by atoms with E-state index in [0.717, 1.165) is 5.56 Å². The fourth-order valence-corrected chi connectivity index (χ4v) is 3.44. The van der Waals surface area contributed by atoms with Crippen molar-refractivity contribution in [2.75, 3.05) is 0 Å². The third-order valence-electron chi connectivity index (χ3n) is 4.77. The zero-order chi connectivity index (χ0) is 16.1. The molecule has 1 atom stereocenters. The minimum Gasteiger partial charge on any atom is -0.345 e. The van der Waals surface area contributed by atoms with E-state index in [1.54, 1.807) is 0 Å². The average molecular weight is 345 g/mol. The molecule has 0 aliphatic heterocycles. The van der Waals surface area contributed by atoms with E-state index >= 15 is 0 Å². The molecular weight excluding hydrogens is 320 g/mol. The van der Waals surface area contributed by atoms with Gasteiger partial charge in [0.2, 0.25) is 0 Å². The highest BCUT2D eigenvalue weighted by molar-refractivity contribution is 5.94. The van der Waals surface area contributed by atoms with Crippen LogP contribution < -0.4 is 11.1 Å². The summed E-state index contributed by atoms with van der Waals surface area (Å²) in [5.41, 5.74) is 8.55. The molecule has 0 heterocycles. The summed E-state index contributed by atoms with van der Waals surface area (Å²) >= 11 is 0. The van der Waals surface area contributed by atoms with Gasteiger partial charge in [0.1, 0.15) is 0 Å². The summed E-state index contributed by atoms with van der Waals surface area (Å²) in [6, 6.07) is 18.0. The van der Waals surface area contributed by atoms with Crippen LogP contribution in [0, 0.1) is 5.92 Å². The topological polar surface area (TPSA) is 55.1 Å². The number of carbonyl (C=O) groups is 1. The van der Waals surface area contributed by atoms with Crippen molar-refractivity contribution in [1.29, 1.82) is 0 Å². The van der Waals surface area contributed by atoms with E-state index in [2.05, 4.69) is 17.4 Å². The minimum absolute atomic E-state index is 0. The van der Waals surface area contributed by atoms with E-state index < -0.39 is 0 Å². The molecule has 1 amide bonds. The molecule has 2 aromatic rings. The second-order valence-corrected chi connectivity index (χ2v) is 6.31. The fourth-order valence-electron chi connectivity index (χ4n) is 3.44. The largest absolute Gasteiger partial charge is 0.345 e. The Kier molecular flexibility index (Phi) is 6.83. The first-order valence-electron chi connectivity index (χ1n) is 8.43. The summed E-state index contributed by atoms with van der Waals surface area (Å²) in [7, 11) is 0. The van der Waals surface area contributed by atoms with Gasteiger partial charge in [-0.15, -0.1) is 12.4 Å². The van der Waals surface area contributed by atoms with Gasteiger partial charge < -0.3 is 11.1 Å². The van der Waals surface area contributed by atoms with Crippen LogP contribution in [-0.2, 0) is 6.54 Å². The van der Waals surface area contributed by atoms with Crippen LogP contribution in [0.5, 0.6) is 0 Å². The molecule has 2 aromatic carbocycles. The van der Waals surface area contributed by atoms with E-state index in [9.17, 15) is 4.79 Å². The molecule has 1 aliphatic carbocycles. The van der Waals surface area contributed by atoms with Gasteiger partial charge in [-0.3, -0.25) is 4.79 Å². The predicted octanol–water partition coefficient (Wildman–Crippen LogP) is 4.23. The lowest BCUT2D eigenvalue weighted by Crippen LogP contribution is -2.32. The molecule has 0 saturated heterocycles. The quantitative estimate of drug-likeness (QED) is 0.852. The van der Waals surface area contributed by atoms with Gasteiger partial charge in [0.05, 0.1) is 6.04 Å². The van der Waals surface area contributed by atoms with E-state index in [0.29, 0.717) is 18.0 Å². The van der Waals surface area contributed by atoms with Crippen molar-refractivity contribution in [2.45, 2.75) is 38.3 Å². The van der Waals surface area contributed by atoms with Gasteiger partial charge in [0.15, 0.2) is 0 Å². The number of halogens is 1. The maximum absolute atomic E-state index is 12.6. The fraction of sp³-hybridized carbons (Fsp3) is 0.350. The van der Waals surface area contributed by atoms with Crippen molar-refractivity contribution in [3.63, 3.8) is 0 Å². The number of amides is 1. The van der Waals surface area contributed by atoms with Gasteiger partial charge in [-0.2, -0.15) is 0 Å². The Labute approximate surface area is 150 Å². The lowest BCUT2D eigenvalue weighted by atomic mass is 9.91. The number of nitrogens with two attached hydrogens (primary N) is 1. The molecule has 4 heteroatoms. The summed E-state index contributed by atoms with van der Waals surface area (Å²) in [5.74, 6) is 0.527. The van der Waals surface area contributed by atoms with Gasteiger partial charge in [-0.25, -0.2) is 0 Å². The van der Waals surface area contributed by atoms with Crippen LogP contribution >= 0.6 is 12.4 Å². The lowest BCUT2D eigenvalue weighted by molar-refractivity contribution is 0.0922. The molecule has 1 saturated carbocycles. The Morgan fingerprint density at radius 1 is 1.04 bits per heavy atom. The Hall–Kier alpha value is -1.84. The first-order chi connectivity index (χ1) is 11.3. The number of carbonyl (C=O) groups excluding carboxylic acids is 1. The van der Waals surface area contributed by atoms with Gasteiger partial charge in [0, 0.05) is 12.1 Å². The van der Waals surface area contributed by atoms with Crippen molar-refractivity contribution in [2.24, 2.45) is 11.7 Å². The number of hydrogen-bond acceptors (Lipinski definition) is 2. The Morgan fingerprint density at radius 2 is 1.67 bits per heavy atom. The van der Waals surface area contributed by atoms with E-state index in [4.69, 9.17) is 5.73 Å². The summed E-state index contributed by atoms with van der Waals surface area (Å²) in [6.45, 7) is 0.497. The third-order valence-corrected chi connectivity index (χ3v) is 4.77. The number of hydrogen-bond donors (Lipinski definition) is 2. The SMILES string of the molecule is Cl.NCc1ccc(C(=O)NC(c2ccccc2)C2CCCC2)cc1. The van der Waals surface area contributed by atoms with Crippen LogP contribution in [0.1, 0.15) is 53.2 Å². The van der Waals surface area contributed by atoms with Gasteiger partial charge in [0.25, 0.3) is 5.91 Å². The summed E-state index contributed by atoms with van der Waals surface area (Å²) < 4.78 is 0. The highest BCUT2D eigenvalue weighted by Crippen LogP contribution is 2.35. The standard InChI is InChI=1S/C20H24N2O.ClH/c21-14-15-10-12-18(13-11-15)20(23)22-19(17-8-4-5-9-17)16-6-2-1-3-7-16;/h1-3,6-7,10-13,17,19H,4-5,8-9,14,21H2,(H,22,23);1H. The van der Waals surface area contributed by atoms with E-state index in [1.807, 2.05) is 42.5 Å². The number of rotatable bonds is 5. The molecule has 1 unspecified atom stereocenters. The van der Waals surface area contributed by atoms with Gasteiger partial charge >= 0.3 is 0 Å². The zero-order valence-electron chi connectivity index (χ0n) is 13.8. The van der Waals surface area contributed by atoms with Crippen LogP contribution in [0.25, 0.3) is 0 Å². The highest BCUT2D eigenvalue weighted by Gasteiger charge is 2.27. The van der Waals surface area contributed by atoms with Crippen molar-refractivity contribution in [3.8, 4) is 0 Å². The van der Waals surface area contributed by atoms with E-state index in [-0.39, 0.29) is 24.4 Å². The van der Waals surface area contributed by atoms with Crippen LogP contribution in [0.3, 0.4) is 0 Å². The third kappa shape index (κ3) is 4.37. The highest BCUT2D eigenvalue weighted by atomic mass is 35.5. The Bertz CT molecular complexity index is 636. The van der Waals surface area contributed by atoms with Gasteiger partial charge in [-0.1, -0.05) is 55.3 Å². The zero-order valence-corrected chi connectivity index (χ0v) is 14.6. The molecule has 1 fully saturated rings. The van der Waals surface area contributed by atoms with Crippen molar-refractivity contribution >= 4 is 18.3 Å². The second-order valence-electron chi connectivity index (χ2n) is 6.31. The van der Waals surface area contributed by atoms with Crippen LogP contribution in [0.15, 0.2) is 54.6 Å². The monoisotopic (exact) mass is 344 g/mol. The Morgan fingerprint density at radius 3 is 2.25 bits per heavy atom. The predicted molar refractivity (Wildman–Crippen MR) is 100 cm³/mol. The number of benzene rings is 2. The maximum atomic E-state index is 12.6. The first kappa shape index (κ1) is 18.5. The second kappa shape index (κ2) is 8.86. The molecule has 0 spiro atoms. The Balaban J connectivity index is 0.00000208. The molecular formula is C20H25ClN2O. The van der Waals surface area contributed by atoms with Crippen LogP contribution in [0.4, 0.5) is 0 Å². The minimum atomic E-state index is -0.00526. The number of nitrogens with one attached hydrogen (secondary N) is 1. The van der Waals surface area contributed by atoms with Crippen molar-refractivity contribution < 1.29 is 4.79 Å². The van der Waals surface area contributed by atoms with Crippen LogP contribution in [0.2, 0.25) is 0 Å². The first-order valence-corrected chi connectivity index (χ1v) is 8.43. The van der Waals surface area contributed by atoms with Crippen molar-refractivity contribution in [1.82, 2.24) is 5.32 Å². The van der Waals surface area contributed by atoms with E-state index in [1.165, 1.54) is 31.2 Å². The lowest BCUT2D eigenvalue weighted by Gasteiger charge is -2.25. The average Bonchev–Trinajstić information content (AvgIpc) is 3.14. The summed E-state index contributed by atoms with van der Waals surface area (Å²) in [5, 5.41) is 3.26. The molecule has 1 aliphatic rings. The van der Waals surface area contributed by atoms with Gasteiger partial charge in [-0.05, 0) is 42.0 Å². The van der Waals surface area contributed by atoms with Crippen LogP contribution in [-0.4, -0.2) is 5.91 Å². The normalized spacial score (nSPS) is 15.5. The summed E-state index contributed by atoms with van der Waals surface area (Å²) in [4.78, 5) is 12.6. The molecule has 128 valence electrons. The van der Waals surface area contributed by atoms with Crippen molar-refractivity contribution in [3.05, 3.63) is 71.3 Å². The molecule has 0 bridgehead atoms. The molecule has 3 N–H and O–H groups in total. The smallest absolute Gasteiger partial charge is 0.251 e. The molecule has 3 rings (SSSR count). The molecule has 0 aromatic heterocycles. The molecule has 0 radical (unpaired) electrons. The maximum Gasteiger partial charge on any atom is 0.251 e.